The average Bonchev–Trinajstić information content (AvgIpc) is 2.63. The van der Waals surface area contributed by atoms with E-state index >= 15 is 0 Å². The third kappa shape index (κ3) is 5.60. The van der Waals surface area contributed by atoms with Gasteiger partial charge in [0, 0.05) is 23.6 Å². The Morgan fingerprint density at radius 2 is 1.76 bits per heavy atom. The van der Waals surface area contributed by atoms with Crippen LogP contribution in [0.5, 0.6) is 0 Å². The quantitative estimate of drug-likeness (QED) is 0.278. The van der Waals surface area contributed by atoms with E-state index < -0.39 is 38.9 Å². The Labute approximate surface area is 171 Å². The average molecular weight is 445 g/mol. The number of rotatable bonds is 5. The fraction of sp³-hybridized carbons (Fsp3) is 0.0588. The second-order valence-corrected chi connectivity index (χ2v) is 6.20. The van der Waals surface area contributed by atoms with Gasteiger partial charge in [0.05, 0.1) is 15.5 Å². The largest absolute Gasteiger partial charge is 0.417 e. The van der Waals surface area contributed by atoms with Crippen LogP contribution >= 0.6 is 23.2 Å². The van der Waals surface area contributed by atoms with Crippen molar-refractivity contribution < 1.29 is 22.9 Å². The van der Waals surface area contributed by atoms with Gasteiger partial charge in [-0.25, -0.2) is 0 Å². The lowest BCUT2D eigenvalue weighted by molar-refractivity contribution is -0.384. The number of alkyl halides is 3. The lowest BCUT2D eigenvalue weighted by atomic mass is 10.2. The molecule has 7 nitrogen and oxygen atoms in total. The first kappa shape index (κ1) is 22.0. The van der Waals surface area contributed by atoms with Crippen LogP contribution in [0.2, 0.25) is 10.0 Å². The molecule has 0 fully saturated rings. The molecular formula is C17H9Cl2F3N4O3. The molecule has 2 rings (SSSR count). The fourth-order valence-corrected chi connectivity index (χ4v) is 2.48. The molecule has 0 spiro atoms. The Morgan fingerprint density at radius 1 is 1.14 bits per heavy atom. The maximum Gasteiger partial charge on any atom is 0.417 e. The summed E-state index contributed by atoms with van der Waals surface area (Å²) >= 11 is 11.2. The summed E-state index contributed by atoms with van der Waals surface area (Å²) < 4.78 is 38.6. The van der Waals surface area contributed by atoms with Gasteiger partial charge in [-0.1, -0.05) is 23.2 Å². The van der Waals surface area contributed by atoms with Crippen molar-refractivity contribution in [2.24, 2.45) is 0 Å². The Hall–Kier alpha value is -3.29. The van der Waals surface area contributed by atoms with E-state index in [0.29, 0.717) is 6.07 Å². The monoisotopic (exact) mass is 444 g/mol. The number of nitriles is 1. The van der Waals surface area contributed by atoms with Crippen molar-refractivity contribution in [3.63, 3.8) is 0 Å². The van der Waals surface area contributed by atoms with Crippen LogP contribution in [0.15, 0.2) is 48.2 Å². The van der Waals surface area contributed by atoms with Crippen molar-refractivity contribution in [1.29, 1.82) is 5.26 Å². The van der Waals surface area contributed by atoms with E-state index in [4.69, 9.17) is 28.5 Å². The molecule has 0 aliphatic heterocycles. The van der Waals surface area contributed by atoms with Gasteiger partial charge in [-0.2, -0.15) is 18.4 Å². The second-order valence-electron chi connectivity index (χ2n) is 5.38. The highest BCUT2D eigenvalue weighted by atomic mass is 35.5. The van der Waals surface area contributed by atoms with E-state index in [1.807, 2.05) is 0 Å². The number of nitrogens with one attached hydrogen (secondary N) is 2. The number of hydrogen-bond acceptors (Lipinski definition) is 5. The summed E-state index contributed by atoms with van der Waals surface area (Å²) in [5.41, 5.74) is -2.10. The van der Waals surface area contributed by atoms with Crippen LogP contribution in [0.25, 0.3) is 0 Å². The molecule has 0 saturated heterocycles. The molecular weight excluding hydrogens is 436 g/mol. The molecule has 0 aromatic heterocycles. The number of carbonyl (C=O) groups excluding carboxylic acids is 1. The van der Waals surface area contributed by atoms with Crippen molar-refractivity contribution in [3.8, 4) is 6.07 Å². The third-order valence-electron chi connectivity index (χ3n) is 3.42. The number of anilines is 2. The summed E-state index contributed by atoms with van der Waals surface area (Å²) in [4.78, 5) is 22.3. The lowest BCUT2D eigenvalue weighted by Crippen LogP contribution is -2.14. The van der Waals surface area contributed by atoms with Gasteiger partial charge in [0.15, 0.2) is 0 Å². The van der Waals surface area contributed by atoms with Crippen molar-refractivity contribution in [2.75, 3.05) is 10.6 Å². The van der Waals surface area contributed by atoms with Crippen LogP contribution in [0.1, 0.15) is 5.56 Å². The third-order valence-corrected chi connectivity index (χ3v) is 4.07. The Morgan fingerprint density at radius 3 is 2.34 bits per heavy atom. The van der Waals surface area contributed by atoms with Crippen molar-refractivity contribution in [2.45, 2.75) is 6.18 Å². The van der Waals surface area contributed by atoms with Crippen LogP contribution in [-0.2, 0) is 11.0 Å². The van der Waals surface area contributed by atoms with Crippen LogP contribution in [0.4, 0.5) is 30.2 Å². The van der Waals surface area contributed by atoms with Crippen LogP contribution in [0, 0.1) is 21.4 Å². The van der Waals surface area contributed by atoms with Crippen molar-refractivity contribution in [3.05, 3.63) is 73.9 Å². The zero-order valence-corrected chi connectivity index (χ0v) is 15.6. The van der Waals surface area contributed by atoms with E-state index in [1.54, 1.807) is 6.07 Å². The molecule has 2 aromatic rings. The van der Waals surface area contributed by atoms with Gasteiger partial charge in [0.1, 0.15) is 16.7 Å². The van der Waals surface area contributed by atoms with Gasteiger partial charge in [0.2, 0.25) is 0 Å². The first-order chi connectivity index (χ1) is 13.5. The van der Waals surface area contributed by atoms with Crippen molar-refractivity contribution >= 4 is 46.2 Å². The number of carbonyl (C=O) groups is 1. The van der Waals surface area contributed by atoms with Gasteiger partial charge < -0.3 is 10.6 Å². The SMILES string of the molecule is N#C/C(=C/Nc1ccc(Cl)c(C(F)(F)F)c1)C(=O)Nc1ccc(Cl)c([N+](=O)[O-])c1. The Bertz CT molecular complexity index is 1050. The van der Waals surface area contributed by atoms with Crippen LogP contribution in [0.3, 0.4) is 0 Å². The molecule has 0 unspecified atom stereocenters. The predicted molar refractivity (Wildman–Crippen MR) is 101 cm³/mol. The summed E-state index contributed by atoms with van der Waals surface area (Å²) in [5.74, 6) is -0.943. The standard InChI is InChI=1S/C17H9Cl2F3N4O3/c18-13-3-1-10(5-12(13)17(20,21)22)24-8-9(7-23)16(27)25-11-2-4-14(19)15(6-11)26(28)29/h1-6,8,24H,(H,25,27)/b9-8-. The second kappa shape index (κ2) is 8.81. The predicted octanol–water partition coefficient (Wildman–Crippen LogP) is 5.38. The number of nitro benzene ring substituents is 1. The first-order valence-electron chi connectivity index (χ1n) is 7.51. The molecule has 150 valence electrons. The summed E-state index contributed by atoms with van der Waals surface area (Å²) in [6.45, 7) is 0. The van der Waals surface area contributed by atoms with Gasteiger partial charge in [-0.15, -0.1) is 0 Å². The number of nitro groups is 1. The number of benzene rings is 2. The Kier molecular flexibility index (Phi) is 6.68. The topological polar surface area (TPSA) is 108 Å². The minimum Gasteiger partial charge on any atom is -0.360 e. The van der Waals surface area contributed by atoms with E-state index in [-0.39, 0.29) is 16.4 Å². The van der Waals surface area contributed by atoms with Gasteiger partial charge in [-0.3, -0.25) is 14.9 Å². The van der Waals surface area contributed by atoms with E-state index in [2.05, 4.69) is 10.6 Å². The molecule has 0 aliphatic rings. The van der Waals surface area contributed by atoms with Gasteiger partial charge in [0.25, 0.3) is 11.6 Å². The maximum atomic E-state index is 12.9. The van der Waals surface area contributed by atoms with Gasteiger partial charge >= 0.3 is 6.18 Å². The Balaban J connectivity index is 2.20. The van der Waals surface area contributed by atoms with E-state index in [9.17, 15) is 28.1 Å². The van der Waals surface area contributed by atoms with E-state index in [1.165, 1.54) is 18.2 Å². The molecule has 0 aliphatic carbocycles. The van der Waals surface area contributed by atoms with Crippen LogP contribution < -0.4 is 10.6 Å². The summed E-state index contributed by atoms with van der Waals surface area (Å²) in [7, 11) is 0. The minimum atomic E-state index is -4.68. The first-order valence-corrected chi connectivity index (χ1v) is 8.27. The molecule has 0 atom stereocenters. The summed E-state index contributed by atoms with van der Waals surface area (Å²) in [5, 5.41) is 24.0. The molecule has 12 heteroatoms. The highest BCUT2D eigenvalue weighted by Crippen LogP contribution is 2.36. The lowest BCUT2D eigenvalue weighted by Gasteiger charge is -2.11. The molecule has 0 radical (unpaired) electrons. The summed E-state index contributed by atoms with van der Waals surface area (Å²) in [6.07, 6.45) is -3.79. The molecule has 0 saturated carbocycles. The van der Waals surface area contributed by atoms with E-state index in [0.717, 1.165) is 18.3 Å². The zero-order valence-electron chi connectivity index (χ0n) is 14.1. The maximum absolute atomic E-state index is 12.9. The molecule has 29 heavy (non-hydrogen) atoms. The number of halogens is 5. The number of hydrogen-bond donors (Lipinski definition) is 2. The molecule has 1 amide bonds. The van der Waals surface area contributed by atoms with Gasteiger partial charge in [-0.05, 0) is 30.3 Å². The van der Waals surface area contributed by atoms with Crippen LogP contribution in [-0.4, -0.2) is 10.8 Å². The number of nitrogens with zero attached hydrogens (tertiary/aromatic N) is 2. The smallest absolute Gasteiger partial charge is 0.360 e. The minimum absolute atomic E-state index is 0.00176. The molecule has 0 heterocycles. The fourth-order valence-electron chi connectivity index (χ4n) is 2.07. The molecule has 0 bridgehead atoms. The van der Waals surface area contributed by atoms with Crippen molar-refractivity contribution in [1.82, 2.24) is 0 Å². The molecule has 2 aromatic carbocycles. The highest BCUT2D eigenvalue weighted by Gasteiger charge is 2.33. The highest BCUT2D eigenvalue weighted by molar-refractivity contribution is 6.32. The molecule has 2 N–H and O–H groups in total. The summed E-state index contributed by atoms with van der Waals surface area (Å²) in [6, 6.07) is 8.00. The normalized spacial score (nSPS) is 11.5. The zero-order chi connectivity index (χ0) is 21.8. The number of amides is 1.